The maximum Gasteiger partial charge on any atom is 0.206 e. The van der Waals surface area contributed by atoms with Gasteiger partial charge in [-0.25, -0.2) is 4.39 Å². The largest absolute Gasteiger partial charge is 0.288 e. The highest BCUT2D eigenvalue weighted by atomic mass is 32.1. The summed E-state index contributed by atoms with van der Waals surface area (Å²) in [5, 5.41) is 3.74. The van der Waals surface area contributed by atoms with Crippen molar-refractivity contribution in [3.05, 3.63) is 46.2 Å². The molecule has 0 aliphatic carbocycles. The van der Waals surface area contributed by atoms with Gasteiger partial charge in [0, 0.05) is 5.56 Å². The van der Waals surface area contributed by atoms with Gasteiger partial charge in [0.25, 0.3) is 0 Å². The molecular weight excluding hydrogens is 215 g/mol. The topological polar surface area (TPSA) is 42.9 Å². The lowest BCUT2D eigenvalue weighted by Gasteiger charge is -1.97. The van der Waals surface area contributed by atoms with Gasteiger partial charge in [0.2, 0.25) is 5.78 Å². The molecule has 0 spiro atoms. The highest BCUT2D eigenvalue weighted by Gasteiger charge is 2.15. The quantitative estimate of drug-likeness (QED) is 0.732. The Morgan fingerprint density at radius 1 is 1.47 bits per heavy atom. The van der Waals surface area contributed by atoms with Crippen LogP contribution in [0.3, 0.4) is 0 Å². The van der Waals surface area contributed by atoms with Crippen molar-refractivity contribution in [2.45, 2.75) is 6.92 Å². The SMILES string of the molecule is Cc1nnsc1C(=O)c1cccc(F)c1. The number of ketones is 1. The standard InChI is InChI=1S/C10H7FN2OS/c1-6-10(15-13-12-6)9(14)7-3-2-4-8(11)5-7/h2-5H,1H3. The van der Waals surface area contributed by atoms with Crippen LogP contribution in [0, 0.1) is 12.7 Å². The van der Waals surface area contributed by atoms with E-state index in [1.807, 2.05) is 0 Å². The van der Waals surface area contributed by atoms with E-state index in [9.17, 15) is 9.18 Å². The van der Waals surface area contributed by atoms with Crippen molar-refractivity contribution in [1.82, 2.24) is 9.59 Å². The fraction of sp³-hybridized carbons (Fsp3) is 0.100. The summed E-state index contributed by atoms with van der Waals surface area (Å²) in [6.07, 6.45) is 0. The Balaban J connectivity index is 2.41. The third-order valence-corrected chi connectivity index (χ3v) is 2.77. The van der Waals surface area contributed by atoms with E-state index < -0.39 is 5.82 Å². The zero-order valence-corrected chi connectivity index (χ0v) is 8.71. The van der Waals surface area contributed by atoms with Crippen LogP contribution in [0.4, 0.5) is 4.39 Å². The highest BCUT2D eigenvalue weighted by molar-refractivity contribution is 7.08. The summed E-state index contributed by atoms with van der Waals surface area (Å²) < 4.78 is 16.6. The Labute approximate surface area is 89.7 Å². The lowest BCUT2D eigenvalue weighted by Crippen LogP contribution is -2.01. The third-order valence-electron chi connectivity index (χ3n) is 1.94. The molecule has 0 aliphatic rings. The van der Waals surface area contributed by atoms with Crippen LogP contribution in [-0.4, -0.2) is 15.4 Å². The first-order chi connectivity index (χ1) is 7.18. The number of aryl methyl sites for hydroxylation is 1. The Morgan fingerprint density at radius 2 is 2.27 bits per heavy atom. The van der Waals surface area contributed by atoms with Gasteiger partial charge in [-0.1, -0.05) is 16.6 Å². The van der Waals surface area contributed by atoms with Crippen molar-refractivity contribution >= 4 is 17.3 Å². The number of carbonyl (C=O) groups is 1. The minimum atomic E-state index is -0.420. The molecule has 0 aliphatic heterocycles. The lowest BCUT2D eigenvalue weighted by molar-refractivity contribution is 0.104. The average molecular weight is 222 g/mol. The number of hydrogen-bond acceptors (Lipinski definition) is 4. The third kappa shape index (κ3) is 1.92. The molecule has 15 heavy (non-hydrogen) atoms. The summed E-state index contributed by atoms with van der Waals surface area (Å²) in [4.78, 5) is 12.3. The molecule has 76 valence electrons. The van der Waals surface area contributed by atoms with Crippen LogP contribution in [-0.2, 0) is 0 Å². The molecule has 0 N–H and O–H groups in total. The van der Waals surface area contributed by atoms with Gasteiger partial charge in [-0.05, 0) is 30.6 Å². The first-order valence-corrected chi connectivity index (χ1v) is 5.05. The van der Waals surface area contributed by atoms with Gasteiger partial charge >= 0.3 is 0 Å². The predicted octanol–water partition coefficient (Wildman–Crippen LogP) is 2.22. The van der Waals surface area contributed by atoms with Crippen LogP contribution in [0.1, 0.15) is 20.9 Å². The number of carbonyl (C=O) groups excluding carboxylic acids is 1. The van der Waals surface area contributed by atoms with Crippen LogP contribution < -0.4 is 0 Å². The van der Waals surface area contributed by atoms with E-state index in [0.29, 0.717) is 16.1 Å². The smallest absolute Gasteiger partial charge is 0.206 e. The van der Waals surface area contributed by atoms with Crippen LogP contribution in [0.5, 0.6) is 0 Å². The summed E-state index contributed by atoms with van der Waals surface area (Å²) in [5.41, 5.74) is 0.901. The van der Waals surface area contributed by atoms with E-state index in [1.165, 1.54) is 18.2 Å². The van der Waals surface area contributed by atoms with E-state index in [4.69, 9.17) is 0 Å². The molecule has 5 heteroatoms. The molecule has 3 nitrogen and oxygen atoms in total. The first kappa shape index (κ1) is 9.92. The molecule has 0 saturated heterocycles. The summed E-state index contributed by atoms with van der Waals surface area (Å²) in [5.74, 6) is -0.655. The summed E-state index contributed by atoms with van der Waals surface area (Å²) in [6, 6.07) is 5.59. The van der Waals surface area contributed by atoms with Gasteiger partial charge in [0.15, 0.2) is 0 Å². The van der Waals surface area contributed by atoms with Gasteiger partial charge in [-0.3, -0.25) is 4.79 Å². The molecule has 1 heterocycles. The molecular formula is C10H7FN2OS. The second-order valence-electron chi connectivity index (χ2n) is 3.03. The van der Waals surface area contributed by atoms with Gasteiger partial charge < -0.3 is 0 Å². The van der Waals surface area contributed by atoms with Crippen molar-refractivity contribution < 1.29 is 9.18 Å². The van der Waals surface area contributed by atoms with E-state index in [-0.39, 0.29) is 5.78 Å². The van der Waals surface area contributed by atoms with Crippen LogP contribution in [0.15, 0.2) is 24.3 Å². The number of halogens is 1. The van der Waals surface area contributed by atoms with E-state index in [1.54, 1.807) is 13.0 Å². The second kappa shape index (κ2) is 3.86. The second-order valence-corrected chi connectivity index (χ2v) is 3.78. The Morgan fingerprint density at radius 3 is 2.87 bits per heavy atom. The highest BCUT2D eigenvalue weighted by Crippen LogP contribution is 2.16. The van der Waals surface area contributed by atoms with Crippen molar-refractivity contribution in [3.8, 4) is 0 Å². The zero-order valence-electron chi connectivity index (χ0n) is 7.90. The molecule has 1 aromatic carbocycles. The minimum absolute atomic E-state index is 0.234. The number of benzene rings is 1. The predicted molar refractivity (Wildman–Crippen MR) is 54.5 cm³/mol. The lowest BCUT2D eigenvalue weighted by atomic mass is 10.1. The molecule has 0 bridgehead atoms. The monoisotopic (exact) mass is 222 g/mol. The van der Waals surface area contributed by atoms with Gasteiger partial charge in [0.1, 0.15) is 10.7 Å². The average Bonchev–Trinajstić information content (AvgIpc) is 2.63. The Bertz CT molecular complexity index is 510. The van der Waals surface area contributed by atoms with Crippen LogP contribution in [0.2, 0.25) is 0 Å². The number of rotatable bonds is 2. The van der Waals surface area contributed by atoms with Crippen molar-refractivity contribution in [2.75, 3.05) is 0 Å². The Kier molecular flexibility index (Phi) is 2.55. The summed E-state index contributed by atoms with van der Waals surface area (Å²) in [7, 11) is 0. The van der Waals surface area contributed by atoms with E-state index >= 15 is 0 Å². The molecule has 0 fully saturated rings. The fourth-order valence-electron chi connectivity index (χ4n) is 1.20. The maximum absolute atomic E-state index is 12.9. The fourth-order valence-corrected chi connectivity index (χ4v) is 1.82. The van der Waals surface area contributed by atoms with Crippen LogP contribution >= 0.6 is 11.5 Å². The van der Waals surface area contributed by atoms with Crippen molar-refractivity contribution in [3.63, 3.8) is 0 Å². The minimum Gasteiger partial charge on any atom is -0.288 e. The van der Waals surface area contributed by atoms with E-state index in [2.05, 4.69) is 9.59 Å². The Hall–Kier alpha value is -1.62. The molecule has 2 aromatic rings. The number of aromatic nitrogens is 2. The van der Waals surface area contributed by atoms with E-state index in [0.717, 1.165) is 11.5 Å². The normalized spacial score (nSPS) is 10.3. The molecule has 0 unspecified atom stereocenters. The number of hydrogen-bond donors (Lipinski definition) is 0. The van der Waals surface area contributed by atoms with Gasteiger partial charge in [-0.15, -0.1) is 5.10 Å². The van der Waals surface area contributed by atoms with Crippen LogP contribution in [0.25, 0.3) is 0 Å². The number of nitrogens with zero attached hydrogens (tertiary/aromatic N) is 2. The summed E-state index contributed by atoms with van der Waals surface area (Å²) in [6.45, 7) is 1.70. The molecule has 1 aromatic heterocycles. The van der Waals surface area contributed by atoms with Gasteiger partial charge in [0.05, 0.1) is 5.69 Å². The molecule has 0 saturated carbocycles. The maximum atomic E-state index is 12.9. The molecule has 0 amide bonds. The van der Waals surface area contributed by atoms with Gasteiger partial charge in [-0.2, -0.15) is 0 Å². The first-order valence-electron chi connectivity index (χ1n) is 4.27. The van der Waals surface area contributed by atoms with Crippen molar-refractivity contribution in [2.24, 2.45) is 0 Å². The molecule has 2 rings (SSSR count). The zero-order chi connectivity index (χ0) is 10.8. The molecule has 0 radical (unpaired) electrons. The summed E-state index contributed by atoms with van der Waals surface area (Å²) >= 11 is 1.03. The molecule has 0 atom stereocenters. The van der Waals surface area contributed by atoms with Crippen molar-refractivity contribution in [1.29, 1.82) is 0 Å².